The Hall–Kier alpha value is -1.99. The van der Waals surface area contributed by atoms with Crippen LogP contribution in [-0.4, -0.2) is 13.7 Å². The first kappa shape index (κ1) is 14.4. The normalized spacial score (nSPS) is 11.4. The molecule has 1 atom stereocenters. The maximum absolute atomic E-state index is 9.30. The summed E-state index contributed by atoms with van der Waals surface area (Å²) in [7, 11) is 1.63. The number of rotatable bonds is 5. The van der Waals surface area contributed by atoms with Crippen LogP contribution in [-0.2, 0) is 0 Å². The summed E-state index contributed by atoms with van der Waals surface area (Å²) in [5, 5.41) is 12.6. The van der Waals surface area contributed by atoms with Crippen molar-refractivity contribution in [3.05, 3.63) is 58.6 Å². The lowest BCUT2D eigenvalue weighted by molar-refractivity contribution is 0.415. The standard InChI is InChI=1S/C16H15BrN2O/c1-20-14-7-8-15(17)16(9-14)19-11-13(10-18)12-5-3-2-4-6-12/h2-9,13,19H,11H2,1H3. The molecule has 0 saturated carbocycles. The molecule has 0 aliphatic carbocycles. The van der Waals surface area contributed by atoms with E-state index >= 15 is 0 Å². The Kier molecular flexibility index (Phi) is 5.03. The Morgan fingerprint density at radius 1 is 1.25 bits per heavy atom. The van der Waals surface area contributed by atoms with Crippen molar-refractivity contribution in [1.82, 2.24) is 0 Å². The maximum atomic E-state index is 9.30. The fourth-order valence-corrected chi connectivity index (χ4v) is 2.29. The second-order valence-corrected chi connectivity index (χ2v) is 5.17. The zero-order chi connectivity index (χ0) is 14.4. The van der Waals surface area contributed by atoms with Crippen molar-refractivity contribution in [1.29, 1.82) is 5.26 Å². The van der Waals surface area contributed by atoms with E-state index in [1.165, 1.54) is 0 Å². The molecule has 0 bridgehead atoms. The quantitative estimate of drug-likeness (QED) is 0.894. The molecule has 0 heterocycles. The highest BCUT2D eigenvalue weighted by atomic mass is 79.9. The van der Waals surface area contributed by atoms with Gasteiger partial charge in [0.2, 0.25) is 0 Å². The van der Waals surface area contributed by atoms with Crippen molar-refractivity contribution in [2.75, 3.05) is 19.0 Å². The van der Waals surface area contributed by atoms with Gasteiger partial charge in [-0.3, -0.25) is 0 Å². The topological polar surface area (TPSA) is 45.0 Å². The molecule has 0 aliphatic heterocycles. The molecule has 0 fully saturated rings. The molecular weight excluding hydrogens is 316 g/mol. The summed E-state index contributed by atoms with van der Waals surface area (Å²) in [5.41, 5.74) is 1.93. The summed E-state index contributed by atoms with van der Waals surface area (Å²) in [5.74, 6) is 0.596. The summed E-state index contributed by atoms with van der Waals surface area (Å²) in [6.07, 6.45) is 0. The minimum atomic E-state index is -0.186. The van der Waals surface area contributed by atoms with Crippen LogP contribution in [0.25, 0.3) is 0 Å². The van der Waals surface area contributed by atoms with E-state index < -0.39 is 0 Å². The largest absolute Gasteiger partial charge is 0.497 e. The van der Waals surface area contributed by atoms with E-state index in [0.717, 1.165) is 21.5 Å². The molecule has 0 amide bonds. The molecule has 102 valence electrons. The van der Waals surface area contributed by atoms with Gasteiger partial charge in [-0.25, -0.2) is 0 Å². The Balaban J connectivity index is 2.10. The molecule has 20 heavy (non-hydrogen) atoms. The van der Waals surface area contributed by atoms with Crippen molar-refractivity contribution < 1.29 is 4.74 Å². The molecule has 0 radical (unpaired) electrons. The third-order valence-electron chi connectivity index (χ3n) is 3.03. The van der Waals surface area contributed by atoms with Gasteiger partial charge in [0.25, 0.3) is 0 Å². The van der Waals surface area contributed by atoms with Gasteiger partial charge in [0.05, 0.1) is 24.8 Å². The summed E-state index contributed by atoms with van der Waals surface area (Å²) in [6.45, 7) is 0.548. The summed E-state index contributed by atoms with van der Waals surface area (Å²) < 4.78 is 6.15. The predicted octanol–water partition coefficient (Wildman–Crippen LogP) is 4.18. The fourth-order valence-electron chi connectivity index (χ4n) is 1.90. The number of nitriles is 1. The highest BCUT2D eigenvalue weighted by molar-refractivity contribution is 9.10. The molecule has 0 aliphatic rings. The zero-order valence-electron chi connectivity index (χ0n) is 11.1. The molecule has 1 unspecified atom stereocenters. The number of methoxy groups -OCH3 is 1. The van der Waals surface area contributed by atoms with E-state index in [1.54, 1.807) is 7.11 Å². The van der Waals surface area contributed by atoms with Crippen molar-refractivity contribution in [3.8, 4) is 11.8 Å². The van der Waals surface area contributed by atoms with Crippen LogP contribution >= 0.6 is 15.9 Å². The van der Waals surface area contributed by atoms with Gasteiger partial charge in [0, 0.05) is 17.1 Å². The average molecular weight is 331 g/mol. The lowest BCUT2D eigenvalue weighted by Crippen LogP contribution is -2.11. The average Bonchev–Trinajstić information content (AvgIpc) is 2.50. The number of benzene rings is 2. The first-order valence-corrected chi connectivity index (χ1v) is 7.06. The minimum absolute atomic E-state index is 0.186. The number of nitrogens with zero attached hydrogens (tertiary/aromatic N) is 1. The minimum Gasteiger partial charge on any atom is -0.497 e. The van der Waals surface area contributed by atoms with Crippen LogP contribution in [0.15, 0.2) is 53.0 Å². The van der Waals surface area contributed by atoms with Gasteiger partial charge in [-0.15, -0.1) is 0 Å². The first-order chi connectivity index (χ1) is 9.74. The SMILES string of the molecule is COc1ccc(Br)c(NCC(C#N)c2ccccc2)c1. The van der Waals surface area contributed by atoms with E-state index in [9.17, 15) is 5.26 Å². The molecule has 2 rings (SSSR count). The molecule has 0 spiro atoms. The van der Waals surface area contributed by atoms with Gasteiger partial charge in [-0.2, -0.15) is 5.26 Å². The van der Waals surface area contributed by atoms with Crippen LogP contribution in [0.2, 0.25) is 0 Å². The van der Waals surface area contributed by atoms with Crippen molar-refractivity contribution in [2.24, 2.45) is 0 Å². The van der Waals surface area contributed by atoms with Gasteiger partial charge in [-0.1, -0.05) is 30.3 Å². The van der Waals surface area contributed by atoms with E-state index in [2.05, 4.69) is 27.3 Å². The fraction of sp³-hybridized carbons (Fsp3) is 0.188. The zero-order valence-corrected chi connectivity index (χ0v) is 12.7. The maximum Gasteiger partial charge on any atom is 0.121 e. The molecule has 0 saturated heterocycles. The molecule has 1 N–H and O–H groups in total. The van der Waals surface area contributed by atoms with Crippen LogP contribution in [0.1, 0.15) is 11.5 Å². The molecule has 2 aromatic rings. The lowest BCUT2D eigenvalue weighted by Gasteiger charge is -2.14. The van der Waals surface area contributed by atoms with E-state index in [1.807, 2.05) is 48.5 Å². The predicted molar refractivity (Wildman–Crippen MR) is 84.0 cm³/mol. The second-order valence-electron chi connectivity index (χ2n) is 4.32. The van der Waals surface area contributed by atoms with Gasteiger partial charge in [0.1, 0.15) is 5.75 Å². The van der Waals surface area contributed by atoms with Crippen molar-refractivity contribution in [3.63, 3.8) is 0 Å². The van der Waals surface area contributed by atoms with Gasteiger partial charge < -0.3 is 10.1 Å². The molecule has 4 heteroatoms. The van der Waals surface area contributed by atoms with Crippen LogP contribution in [0, 0.1) is 11.3 Å². The highest BCUT2D eigenvalue weighted by Crippen LogP contribution is 2.28. The lowest BCUT2D eigenvalue weighted by atomic mass is 10.0. The van der Waals surface area contributed by atoms with Crippen LogP contribution in [0.4, 0.5) is 5.69 Å². The summed E-state index contributed by atoms with van der Waals surface area (Å²) >= 11 is 3.49. The number of hydrogen-bond acceptors (Lipinski definition) is 3. The number of hydrogen-bond donors (Lipinski definition) is 1. The number of ether oxygens (including phenoxy) is 1. The van der Waals surface area contributed by atoms with Crippen LogP contribution in [0.5, 0.6) is 5.75 Å². The Labute approximate surface area is 127 Å². The molecular formula is C16H15BrN2O. The highest BCUT2D eigenvalue weighted by Gasteiger charge is 2.11. The summed E-state index contributed by atoms with van der Waals surface area (Å²) in [6, 6.07) is 17.8. The molecule has 2 aromatic carbocycles. The number of nitrogens with one attached hydrogen (secondary N) is 1. The van der Waals surface area contributed by atoms with Crippen LogP contribution in [0.3, 0.4) is 0 Å². The van der Waals surface area contributed by atoms with Crippen molar-refractivity contribution in [2.45, 2.75) is 5.92 Å². The smallest absolute Gasteiger partial charge is 0.121 e. The second kappa shape index (κ2) is 6.97. The number of halogens is 1. The Bertz CT molecular complexity index is 608. The Morgan fingerprint density at radius 2 is 2.00 bits per heavy atom. The molecule has 0 aromatic heterocycles. The first-order valence-electron chi connectivity index (χ1n) is 6.26. The van der Waals surface area contributed by atoms with Gasteiger partial charge in [-0.05, 0) is 33.6 Å². The third kappa shape index (κ3) is 3.52. The van der Waals surface area contributed by atoms with Crippen LogP contribution < -0.4 is 10.1 Å². The van der Waals surface area contributed by atoms with Gasteiger partial charge >= 0.3 is 0 Å². The third-order valence-corrected chi connectivity index (χ3v) is 3.72. The molecule has 3 nitrogen and oxygen atoms in total. The van der Waals surface area contributed by atoms with Gasteiger partial charge in [0.15, 0.2) is 0 Å². The van der Waals surface area contributed by atoms with E-state index in [4.69, 9.17) is 4.74 Å². The monoisotopic (exact) mass is 330 g/mol. The van der Waals surface area contributed by atoms with Crippen molar-refractivity contribution >= 4 is 21.6 Å². The summed E-state index contributed by atoms with van der Waals surface area (Å²) in [4.78, 5) is 0. The van der Waals surface area contributed by atoms with E-state index in [0.29, 0.717) is 6.54 Å². The van der Waals surface area contributed by atoms with E-state index in [-0.39, 0.29) is 5.92 Å². The number of anilines is 1. The Morgan fingerprint density at radius 3 is 2.65 bits per heavy atom.